The molecule has 3 rings (SSSR count). The largest absolute Gasteiger partial charge is 0.360 e. The summed E-state index contributed by atoms with van der Waals surface area (Å²) in [4.78, 5) is 15.0. The van der Waals surface area contributed by atoms with Crippen molar-refractivity contribution < 1.29 is 4.92 Å². The van der Waals surface area contributed by atoms with E-state index < -0.39 is 4.92 Å². The standard InChI is InChI=1S/C21H18N4O2S/c1-13-4-6-18(14(2)8-13)20-12-28-21(24-20)16(10-22)11-23-19-7-5-17(25(26)27)9-15(19)3/h4-9,11-12,23H,1-3H3/b16-11+. The number of benzene rings is 2. The van der Waals surface area contributed by atoms with Gasteiger partial charge in [-0.2, -0.15) is 5.26 Å². The number of rotatable bonds is 5. The number of nitrogens with zero attached hydrogens (tertiary/aromatic N) is 3. The molecule has 6 nitrogen and oxygen atoms in total. The van der Waals surface area contributed by atoms with Crippen LogP contribution in [0.5, 0.6) is 0 Å². The van der Waals surface area contributed by atoms with Crippen LogP contribution in [0.2, 0.25) is 0 Å². The number of aromatic nitrogens is 1. The third-order valence-electron chi connectivity index (χ3n) is 4.31. The minimum atomic E-state index is -0.433. The molecule has 140 valence electrons. The molecule has 1 heterocycles. The number of thiazole rings is 1. The Balaban J connectivity index is 1.85. The van der Waals surface area contributed by atoms with E-state index in [-0.39, 0.29) is 5.69 Å². The highest BCUT2D eigenvalue weighted by Gasteiger charge is 2.12. The van der Waals surface area contributed by atoms with Crippen molar-refractivity contribution in [2.45, 2.75) is 20.8 Å². The van der Waals surface area contributed by atoms with Crippen molar-refractivity contribution in [2.24, 2.45) is 0 Å². The molecule has 0 bridgehead atoms. The molecule has 0 fully saturated rings. The van der Waals surface area contributed by atoms with Gasteiger partial charge < -0.3 is 5.32 Å². The summed E-state index contributed by atoms with van der Waals surface area (Å²) < 4.78 is 0. The summed E-state index contributed by atoms with van der Waals surface area (Å²) in [6, 6.07) is 12.9. The predicted molar refractivity (Wildman–Crippen MR) is 112 cm³/mol. The third kappa shape index (κ3) is 4.08. The molecule has 0 unspecified atom stereocenters. The Morgan fingerprint density at radius 1 is 1.21 bits per heavy atom. The topological polar surface area (TPSA) is 91.8 Å². The van der Waals surface area contributed by atoms with E-state index in [9.17, 15) is 15.4 Å². The molecule has 0 amide bonds. The van der Waals surface area contributed by atoms with Gasteiger partial charge in [0.05, 0.1) is 10.6 Å². The van der Waals surface area contributed by atoms with Crippen LogP contribution in [0.3, 0.4) is 0 Å². The number of allylic oxidation sites excluding steroid dienone is 1. The Bertz CT molecular complexity index is 1130. The normalized spacial score (nSPS) is 11.1. The molecular weight excluding hydrogens is 372 g/mol. The van der Waals surface area contributed by atoms with Crippen LogP contribution in [0.15, 0.2) is 48.0 Å². The van der Waals surface area contributed by atoms with Gasteiger partial charge in [0.1, 0.15) is 16.6 Å². The maximum Gasteiger partial charge on any atom is 0.269 e. The molecule has 0 aliphatic carbocycles. The van der Waals surface area contributed by atoms with Crippen molar-refractivity contribution in [3.8, 4) is 17.3 Å². The Hall–Kier alpha value is -3.50. The zero-order valence-corrected chi connectivity index (χ0v) is 16.5. The number of nitro benzene ring substituents is 1. The Morgan fingerprint density at radius 3 is 2.64 bits per heavy atom. The fraction of sp³-hybridized carbons (Fsp3) is 0.143. The van der Waals surface area contributed by atoms with Crippen molar-refractivity contribution in [2.75, 3.05) is 5.32 Å². The zero-order chi connectivity index (χ0) is 20.3. The predicted octanol–water partition coefficient (Wildman–Crippen LogP) is 5.62. The smallest absolute Gasteiger partial charge is 0.269 e. The maximum absolute atomic E-state index is 10.8. The van der Waals surface area contributed by atoms with Gasteiger partial charge in [-0.05, 0) is 38.0 Å². The molecule has 2 aromatic carbocycles. The van der Waals surface area contributed by atoms with E-state index in [0.717, 1.165) is 22.4 Å². The van der Waals surface area contributed by atoms with Gasteiger partial charge in [-0.25, -0.2) is 4.98 Å². The average Bonchev–Trinajstić information content (AvgIpc) is 3.12. The fourth-order valence-corrected chi connectivity index (χ4v) is 3.62. The van der Waals surface area contributed by atoms with Crippen LogP contribution in [0.4, 0.5) is 11.4 Å². The van der Waals surface area contributed by atoms with Gasteiger partial charge in [-0.1, -0.05) is 23.8 Å². The lowest BCUT2D eigenvalue weighted by Crippen LogP contribution is -1.95. The highest BCUT2D eigenvalue weighted by atomic mass is 32.1. The number of nitriles is 1. The number of aryl methyl sites for hydroxylation is 3. The van der Waals surface area contributed by atoms with Crippen molar-refractivity contribution in [1.29, 1.82) is 5.26 Å². The van der Waals surface area contributed by atoms with E-state index in [1.54, 1.807) is 19.2 Å². The molecule has 1 N–H and O–H groups in total. The molecule has 3 aromatic rings. The quantitative estimate of drug-likeness (QED) is 0.347. The molecule has 7 heteroatoms. The summed E-state index contributed by atoms with van der Waals surface area (Å²) >= 11 is 1.40. The highest BCUT2D eigenvalue weighted by Crippen LogP contribution is 2.29. The number of nitrogens with one attached hydrogen (secondary N) is 1. The first-order valence-corrected chi connectivity index (χ1v) is 9.42. The number of hydrogen-bond donors (Lipinski definition) is 1. The second-order valence-corrected chi connectivity index (χ2v) is 7.28. The first-order chi connectivity index (χ1) is 13.4. The number of anilines is 1. The van der Waals surface area contributed by atoms with E-state index in [2.05, 4.69) is 22.4 Å². The number of non-ortho nitro benzene ring substituents is 1. The molecule has 0 saturated heterocycles. The first kappa shape index (κ1) is 19.3. The molecule has 0 radical (unpaired) electrons. The minimum Gasteiger partial charge on any atom is -0.360 e. The van der Waals surface area contributed by atoms with E-state index in [1.165, 1.54) is 29.0 Å². The SMILES string of the molecule is Cc1ccc(-c2csc(/C(C#N)=C/Nc3ccc([N+](=O)[O-])cc3C)n2)c(C)c1. The summed E-state index contributed by atoms with van der Waals surface area (Å²) in [7, 11) is 0. The van der Waals surface area contributed by atoms with Crippen LogP contribution in [0.1, 0.15) is 21.7 Å². The van der Waals surface area contributed by atoms with E-state index in [4.69, 9.17) is 0 Å². The van der Waals surface area contributed by atoms with E-state index in [1.807, 2.05) is 31.4 Å². The van der Waals surface area contributed by atoms with Crippen LogP contribution in [0.25, 0.3) is 16.8 Å². The van der Waals surface area contributed by atoms with Crippen molar-refractivity contribution in [3.05, 3.63) is 79.8 Å². The summed E-state index contributed by atoms with van der Waals surface area (Å²) in [6.45, 7) is 5.86. The van der Waals surface area contributed by atoms with Gasteiger partial charge in [0.2, 0.25) is 0 Å². The van der Waals surface area contributed by atoms with Gasteiger partial charge >= 0.3 is 0 Å². The zero-order valence-electron chi connectivity index (χ0n) is 15.7. The monoisotopic (exact) mass is 390 g/mol. The second-order valence-electron chi connectivity index (χ2n) is 6.43. The summed E-state index contributed by atoms with van der Waals surface area (Å²) in [5.41, 5.74) is 6.07. The average molecular weight is 390 g/mol. The molecule has 0 aliphatic heterocycles. The Kier molecular flexibility index (Phi) is 5.52. The summed E-state index contributed by atoms with van der Waals surface area (Å²) in [6.07, 6.45) is 1.58. The second kappa shape index (κ2) is 8.03. The molecule has 0 atom stereocenters. The molecule has 0 saturated carbocycles. The Morgan fingerprint density at radius 2 is 2.00 bits per heavy atom. The molecule has 28 heavy (non-hydrogen) atoms. The van der Waals surface area contributed by atoms with Gasteiger partial charge in [0.15, 0.2) is 0 Å². The third-order valence-corrected chi connectivity index (χ3v) is 5.18. The van der Waals surface area contributed by atoms with Crippen LogP contribution in [-0.4, -0.2) is 9.91 Å². The van der Waals surface area contributed by atoms with Gasteiger partial charge in [-0.3, -0.25) is 10.1 Å². The van der Waals surface area contributed by atoms with Crippen molar-refractivity contribution >= 4 is 28.3 Å². The van der Waals surface area contributed by atoms with Crippen LogP contribution < -0.4 is 5.32 Å². The van der Waals surface area contributed by atoms with Gasteiger partial charge in [0.25, 0.3) is 5.69 Å². The highest BCUT2D eigenvalue weighted by molar-refractivity contribution is 7.11. The Labute approximate surface area is 167 Å². The molecule has 1 aromatic heterocycles. The maximum atomic E-state index is 10.8. The van der Waals surface area contributed by atoms with E-state index in [0.29, 0.717) is 16.3 Å². The van der Waals surface area contributed by atoms with Crippen LogP contribution in [0, 0.1) is 42.2 Å². The summed E-state index contributed by atoms with van der Waals surface area (Å²) in [5, 5.41) is 26.0. The lowest BCUT2D eigenvalue weighted by Gasteiger charge is -2.05. The first-order valence-electron chi connectivity index (χ1n) is 8.54. The number of hydrogen-bond acceptors (Lipinski definition) is 6. The molecule has 0 spiro atoms. The molecular formula is C21H18N4O2S. The minimum absolute atomic E-state index is 0.0329. The number of nitro groups is 1. The lowest BCUT2D eigenvalue weighted by atomic mass is 10.0. The van der Waals surface area contributed by atoms with E-state index >= 15 is 0 Å². The van der Waals surface area contributed by atoms with Crippen LogP contribution >= 0.6 is 11.3 Å². The lowest BCUT2D eigenvalue weighted by molar-refractivity contribution is -0.384. The van der Waals surface area contributed by atoms with Gasteiger partial charge in [-0.15, -0.1) is 11.3 Å². The fourth-order valence-electron chi connectivity index (χ4n) is 2.84. The van der Waals surface area contributed by atoms with Crippen molar-refractivity contribution in [3.63, 3.8) is 0 Å². The van der Waals surface area contributed by atoms with Crippen molar-refractivity contribution in [1.82, 2.24) is 4.98 Å². The van der Waals surface area contributed by atoms with Gasteiger partial charge in [0, 0.05) is 35.0 Å². The molecule has 0 aliphatic rings. The van der Waals surface area contributed by atoms with Crippen LogP contribution in [-0.2, 0) is 0 Å². The summed E-state index contributed by atoms with van der Waals surface area (Å²) in [5.74, 6) is 0.